The smallest absolute Gasteiger partial charge is 0.338 e. The minimum atomic E-state index is -1.30. The summed E-state index contributed by atoms with van der Waals surface area (Å²) in [6, 6.07) is 10.5. The van der Waals surface area contributed by atoms with E-state index in [-0.39, 0.29) is 5.56 Å². The lowest BCUT2D eigenvalue weighted by Crippen LogP contribution is -2.10. The first kappa shape index (κ1) is 14.5. The van der Waals surface area contributed by atoms with Crippen LogP contribution < -0.4 is 11.1 Å². The van der Waals surface area contributed by atoms with Crippen LogP contribution in [0.1, 0.15) is 26.3 Å². The van der Waals surface area contributed by atoms with Gasteiger partial charge in [-0.25, -0.2) is 9.18 Å². The summed E-state index contributed by atoms with van der Waals surface area (Å²) in [6.07, 6.45) is 0. The molecule has 5 nitrogen and oxygen atoms in total. The monoisotopic (exact) mass is 288 g/mol. The number of hydrogen-bond donors (Lipinski definition) is 3. The van der Waals surface area contributed by atoms with Crippen molar-refractivity contribution >= 4 is 17.6 Å². The summed E-state index contributed by atoms with van der Waals surface area (Å²) in [5.41, 5.74) is 6.53. The Hall–Kier alpha value is -2.89. The second kappa shape index (κ2) is 6.04. The Morgan fingerprint density at radius 3 is 2.33 bits per heavy atom. The van der Waals surface area contributed by atoms with Gasteiger partial charge in [-0.3, -0.25) is 4.79 Å². The molecule has 0 aliphatic rings. The molecule has 6 heteroatoms. The highest BCUT2D eigenvalue weighted by molar-refractivity contribution is 5.93. The SMILES string of the molecule is NC(=O)c1ccc(NCc2ccc(C(=O)O)c(F)c2)cc1. The van der Waals surface area contributed by atoms with Crippen LogP contribution in [0.2, 0.25) is 0 Å². The van der Waals surface area contributed by atoms with E-state index in [0.717, 1.165) is 5.69 Å². The van der Waals surface area contributed by atoms with Crippen LogP contribution in [0.4, 0.5) is 10.1 Å². The molecule has 4 N–H and O–H groups in total. The molecule has 0 fully saturated rings. The minimum Gasteiger partial charge on any atom is -0.478 e. The second-order valence-corrected chi connectivity index (χ2v) is 4.41. The van der Waals surface area contributed by atoms with Crippen LogP contribution in [0.3, 0.4) is 0 Å². The van der Waals surface area contributed by atoms with Crippen LogP contribution >= 0.6 is 0 Å². The summed E-state index contributed by atoms with van der Waals surface area (Å²) < 4.78 is 13.5. The van der Waals surface area contributed by atoms with Crippen LogP contribution in [-0.4, -0.2) is 17.0 Å². The predicted molar refractivity (Wildman–Crippen MR) is 75.6 cm³/mol. The highest BCUT2D eigenvalue weighted by atomic mass is 19.1. The highest BCUT2D eigenvalue weighted by Gasteiger charge is 2.10. The van der Waals surface area contributed by atoms with Gasteiger partial charge in [0.15, 0.2) is 0 Å². The van der Waals surface area contributed by atoms with E-state index in [2.05, 4.69) is 5.32 Å². The number of amides is 1. The Bertz CT molecular complexity index is 684. The number of aromatic carboxylic acids is 1. The van der Waals surface area contributed by atoms with Crippen molar-refractivity contribution < 1.29 is 19.1 Å². The number of carboxylic acid groups (broad SMARTS) is 1. The maximum atomic E-state index is 13.5. The van der Waals surface area contributed by atoms with Gasteiger partial charge in [0.05, 0.1) is 5.56 Å². The van der Waals surface area contributed by atoms with Crippen molar-refractivity contribution in [2.45, 2.75) is 6.54 Å². The topological polar surface area (TPSA) is 92.4 Å². The fraction of sp³-hybridized carbons (Fsp3) is 0.0667. The van der Waals surface area contributed by atoms with Crippen LogP contribution in [0.25, 0.3) is 0 Å². The molecule has 21 heavy (non-hydrogen) atoms. The Balaban J connectivity index is 2.04. The molecular formula is C15H13FN2O3. The van der Waals surface area contributed by atoms with Crippen molar-refractivity contribution in [2.24, 2.45) is 5.73 Å². The number of anilines is 1. The first-order chi connectivity index (χ1) is 9.97. The lowest BCUT2D eigenvalue weighted by atomic mass is 10.1. The highest BCUT2D eigenvalue weighted by Crippen LogP contribution is 2.14. The normalized spacial score (nSPS) is 10.1. The number of halogens is 1. The molecule has 0 aliphatic carbocycles. The number of nitrogens with two attached hydrogens (primary N) is 1. The van der Waals surface area contributed by atoms with E-state index in [9.17, 15) is 14.0 Å². The molecule has 0 unspecified atom stereocenters. The van der Waals surface area contributed by atoms with Crippen LogP contribution in [0, 0.1) is 5.82 Å². The summed E-state index contributed by atoms with van der Waals surface area (Å²) in [7, 11) is 0. The maximum Gasteiger partial charge on any atom is 0.338 e. The maximum absolute atomic E-state index is 13.5. The van der Waals surface area contributed by atoms with Gasteiger partial charge in [0, 0.05) is 17.8 Å². The van der Waals surface area contributed by atoms with Gasteiger partial charge in [-0.05, 0) is 42.0 Å². The quantitative estimate of drug-likeness (QED) is 0.786. The summed E-state index contributed by atoms with van der Waals surface area (Å²) in [5.74, 6) is -2.58. The second-order valence-electron chi connectivity index (χ2n) is 4.41. The fourth-order valence-electron chi connectivity index (χ4n) is 1.80. The first-order valence-electron chi connectivity index (χ1n) is 6.13. The minimum absolute atomic E-state index is 0.326. The van der Waals surface area contributed by atoms with Gasteiger partial charge in [-0.15, -0.1) is 0 Å². The van der Waals surface area contributed by atoms with Gasteiger partial charge in [0.25, 0.3) is 0 Å². The van der Waals surface area contributed by atoms with E-state index < -0.39 is 17.7 Å². The Kier molecular flexibility index (Phi) is 4.18. The van der Waals surface area contributed by atoms with Crippen molar-refractivity contribution in [2.75, 3.05) is 5.32 Å². The zero-order chi connectivity index (χ0) is 15.4. The third kappa shape index (κ3) is 3.56. The van der Waals surface area contributed by atoms with Crippen molar-refractivity contribution in [1.29, 1.82) is 0 Å². The van der Waals surface area contributed by atoms with E-state index in [1.807, 2.05) is 0 Å². The zero-order valence-electron chi connectivity index (χ0n) is 11.0. The number of benzene rings is 2. The number of carbonyl (C=O) groups is 2. The number of carboxylic acids is 1. The number of rotatable bonds is 5. The first-order valence-corrected chi connectivity index (χ1v) is 6.13. The molecule has 2 aromatic rings. The zero-order valence-corrected chi connectivity index (χ0v) is 11.0. The Morgan fingerprint density at radius 1 is 1.14 bits per heavy atom. The largest absolute Gasteiger partial charge is 0.478 e. The lowest BCUT2D eigenvalue weighted by Gasteiger charge is -2.08. The predicted octanol–water partition coefficient (Wildman–Crippen LogP) is 2.23. The molecule has 0 saturated carbocycles. The molecule has 0 aliphatic heterocycles. The Morgan fingerprint density at radius 2 is 1.81 bits per heavy atom. The van der Waals surface area contributed by atoms with Crippen molar-refractivity contribution in [1.82, 2.24) is 0 Å². The van der Waals surface area contributed by atoms with E-state index in [4.69, 9.17) is 10.8 Å². The summed E-state index contributed by atoms with van der Waals surface area (Å²) >= 11 is 0. The molecule has 0 saturated heterocycles. The van der Waals surface area contributed by atoms with Crippen molar-refractivity contribution in [3.05, 3.63) is 65.0 Å². The molecule has 0 atom stereocenters. The van der Waals surface area contributed by atoms with E-state index in [1.165, 1.54) is 18.2 Å². The lowest BCUT2D eigenvalue weighted by molar-refractivity contribution is 0.0691. The number of nitrogens with one attached hydrogen (secondary N) is 1. The molecule has 0 aromatic heterocycles. The molecule has 2 rings (SSSR count). The fourth-order valence-corrected chi connectivity index (χ4v) is 1.80. The van der Waals surface area contributed by atoms with Crippen LogP contribution in [0.5, 0.6) is 0 Å². The van der Waals surface area contributed by atoms with Gasteiger partial charge in [0.2, 0.25) is 5.91 Å². The van der Waals surface area contributed by atoms with E-state index >= 15 is 0 Å². The molecule has 0 spiro atoms. The van der Waals surface area contributed by atoms with Crippen molar-refractivity contribution in [3.63, 3.8) is 0 Å². The number of carbonyl (C=O) groups excluding carboxylic acids is 1. The van der Waals surface area contributed by atoms with Gasteiger partial charge < -0.3 is 16.2 Å². The van der Waals surface area contributed by atoms with Gasteiger partial charge in [-0.2, -0.15) is 0 Å². The summed E-state index contributed by atoms with van der Waals surface area (Å²) in [6.45, 7) is 0.326. The molecule has 108 valence electrons. The van der Waals surface area contributed by atoms with E-state index in [1.54, 1.807) is 24.3 Å². The van der Waals surface area contributed by atoms with Gasteiger partial charge >= 0.3 is 5.97 Å². The molecule has 2 aromatic carbocycles. The molecule has 0 radical (unpaired) electrons. The Labute approximate surface area is 120 Å². The van der Waals surface area contributed by atoms with E-state index in [0.29, 0.717) is 17.7 Å². The third-order valence-electron chi connectivity index (χ3n) is 2.93. The molecular weight excluding hydrogens is 275 g/mol. The molecule has 0 heterocycles. The average Bonchev–Trinajstić information content (AvgIpc) is 2.45. The standard InChI is InChI=1S/C15H13FN2O3/c16-13-7-9(1-6-12(13)15(20)21)8-18-11-4-2-10(3-5-11)14(17)19/h1-7,18H,8H2,(H2,17,19)(H,20,21). The van der Waals surface area contributed by atoms with Crippen LogP contribution in [0.15, 0.2) is 42.5 Å². The summed E-state index contributed by atoms with van der Waals surface area (Å²) in [4.78, 5) is 21.6. The molecule has 1 amide bonds. The third-order valence-corrected chi connectivity index (χ3v) is 2.93. The average molecular weight is 288 g/mol. The van der Waals surface area contributed by atoms with Crippen molar-refractivity contribution in [3.8, 4) is 0 Å². The van der Waals surface area contributed by atoms with Crippen LogP contribution in [-0.2, 0) is 6.54 Å². The number of primary amides is 1. The van der Waals surface area contributed by atoms with Gasteiger partial charge in [0.1, 0.15) is 5.82 Å². The molecule has 0 bridgehead atoms. The summed E-state index contributed by atoms with van der Waals surface area (Å²) in [5, 5.41) is 11.8. The number of hydrogen-bond acceptors (Lipinski definition) is 3. The van der Waals surface area contributed by atoms with Gasteiger partial charge in [-0.1, -0.05) is 6.07 Å².